The summed E-state index contributed by atoms with van der Waals surface area (Å²) in [6.07, 6.45) is 3.12. The number of hydrogen-bond donors (Lipinski definition) is 0. The minimum atomic E-state index is -0.0548. The van der Waals surface area contributed by atoms with Crippen molar-refractivity contribution in [3.8, 4) is 0 Å². The highest BCUT2D eigenvalue weighted by Gasteiger charge is 2.42. The maximum atomic E-state index is 6.05. The molecule has 0 bridgehead atoms. The second-order valence-corrected chi connectivity index (χ2v) is 6.00. The number of hydrogen-bond acceptors (Lipinski definition) is 3. The minimum absolute atomic E-state index is 0.0548. The van der Waals surface area contributed by atoms with Gasteiger partial charge in [-0.05, 0) is 31.9 Å². The lowest BCUT2D eigenvalue weighted by molar-refractivity contribution is -0.0945. The van der Waals surface area contributed by atoms with Crippen LogP contribution in [-0.2, 0) is 9.47 Å². The van der Waals surface area contributed by atoms with E-state index >= 15 is 0 Å². The maximum absolute atomic E-state index is 6.05. The molecule has 106 valence electrons. The monoisotopic (exact) mass is 272 g/mol. The lowest BCUT2D eigenvalue weighted by Gasteiger charge is -2.38. The molecule has 2 saturated heterocycles. The number of aromatic nitrogens is 2. The van der Waals surface area contributed by atoms with Crippen molar-refractivity contribution in [1.82, 2.24) is 9.55 Å². The highest BCUT2D eigenvalue weighted by Crippen LogP contribution is 2.39. The van der Waals surface area contributed by atoms with E-state index in [1.54, 1.807) is 0 Å². The molecule has 0 radical (unpaired) electrons. The quantitative estimate of drug-likeness (QED) is 0.801. The smallest absolute Gasteiger partial charge is 0.106 e. The van der Waals surface area contributed by atoms with Crippen LogP contribution < -0.4 is 0 Å². The fourth-order valence-electron chi connectivity index (χ4n) is 3.71. The summed E-state index contributed by atoms with van der Waals surface area (Å²) in [7, 11) is 0. The molecular formula is C16H20N2O2. The molecule has 4 nitrogen and oxygen atoms in total. The summed E-state index contributed by atoms with van der Waals surface area (Å²) >= 11 is 0. The minimum Gasteiger partial charge on any atom is -0.378 e. The van der Waals surface area contributed by atoms with Gasteiger partial charge in [0.05, 0.1) is 23.2 Å². The summed E-state index contributed by atoms with van der Waals surface area (Å²) in [5, 5.41) is 0. The van der Waals surface area contributed by atoms with Gasteiger partial charge in [-0.2, -0.15) is 0 Å². The molecule has 2 aliphatic heterocycles. The van der Waals surface area contributed by atoms with Crippen LogP contribution in [0.4, 0.5) is 0 Å². The van der Waals surface area contributed by atoms with Crippen LogP contribution in [-0.4, -0.2) is 35.0 Å². The number of aryl methyl sites for hydroxylation is 1. The van der Waals surface area contributed by atoms with Gasteiger partial charge in [0, 0.05) is 25.7 Å². The van der Waals surface area contributed by atoms with Gasteiger partial charge in [-0.15, -0.1) is 0 Å². The molecule has 0 N–H and O–H groups in total. The number of fused-ring (bicyclic) bond motifs is 1. The molecule has 0 aliphatic carbocycles. The Morgan fingerprint density at radius 3 is 3.05 bits per heavy atom. The van der Waals surface area contributed by atoms with E-state index in [4.69, 9.17) is 14.5 Å². The molecule has 20 heavy (non-hydrogen) atoms. The Morgan fingerprint density at radius 1 is 1.30 bits per heavy atom. The van der Waals surface area contributed by atoms with Gasteiger partial charge in [-0.3, -0.25) is 0 Å². The fourth-order valence-corrected chi connectivity index (χ4v) is 3.71. The molecule has 2 aliphatic rings. The van der Waals surface area contributed by atoms with E-state index in [9.17, 15) is 0 Å². The summed E-state index contributed by atoms with van der Waals surface area (Å²) in [5.41, 5.74) is 2.28. The highest BCUT2D eigenvalue weighted by atomic mass is 16.6. The third kappa shape index (κ3) is 1.86. The van der Waals surface area contributed by atoms with Crippen molar-refractivity contribution >= 4 is 11.0 Å². The second kappa shape index (κ2) is 4.57. The highest BCUT2D eigenvalue weighted by molar-refractivity contribution is 5.76. The zero-order chi connectivity index (χ0) is 13.6. The van der Waals surface area contributed by atoms with Crippen LogP contribution in [0.25, 0.3) is 11.0 Å². The molecule has 1 aromatic heterocycles. The fraction of sp³-hybridized carbons (Fsp3) is 0.562. The van der Waals surface area contributed by atoms with E-state index in [-0.39, 0.29) is 5.60 Å². The van der Waals surface area contributed by atoms with Crippen LogP contribution in [0.3, 0.4) is 0 Å². The standard InChI is InChI=1S/C16H20N2O2/c1-12-17-14-4-2-3-5-15(14)18(12)13-6-8-20-16(10-13)7-9-19-11-16/h2-5,13H,6-11H2,1H3. The Balaban J connectivity index is 1.73. The Kier molecular flexibility index (Phi) is 2.82. The first kappa shape index (κ1) is 12.4. The molecule has 1 aromatic carbocycles. The Labute approximate surface area is 118 Å². The maximum Gasteiger partial charge on any atom is 0.106 e. The van der Waals surface area contributed by atoms with E-state index in [2.05, 4.69) is 35.8 Å². The van der Waals surface area contributed by atoms with Gasteiger partial charge < -0.3 is 14.0 Å². The number of nitrogens with zero attached hydrogens (tertiary/aromatic N) is 2. The van der Waals surface area contributed by atoms with Crippen LogP contribution >= 0.6 is 0 Å². The van der Waals surface area contributed by atoms with E-state index in [0.717, 1.165) is 50.4 Å². The Bertz CT molecular complexity index is 628. The van der Waals surface area contributed by atoms with Crippen LogP contribution in [0, 0.1) is 6.92 Å². The predicted octanol–water partition coefficient (Wildman–Crippen LogP) is 2.86. The van der Waals surface area contributed by atoms with Gasteiger partial charge in [0.2, 0.25) is 0 Å². The lowest BCUT2D eigenvalue weighted by Crippen LogP contribution is -2.41. The molecule has 4 rings (SSSR count). The molecule has 2 atom stereocenters. The van der Waals surface area contributed by atoms with Gasteiger partial charge >= 0.3 is 0 Å². The molecule has 0 saturated carbocycles. The Hall–Kier alpha value is -1.39. The summed E-state index contributed by atoms with van der Waals surface area (Å²) in [5.74, 6) is 1.10. The van der Waals surface area contributed by atoms with Crippen molar-refractivity contribution in [2.24, 2.45) is 0 Å². The van der Waals surface area contributed by atoms with Crippen LogP contribution in [0.2, 0.25) is 0 Å². The topological polar surface area (TPSA) is 36.3 Å². The second-order valence-electron chi connectivity index (χ2n) is 6.00. The molecular weight excluding hydrogens is 252 g/mol. The number of rotatable bonds is 1. The third-order valence-corrected chi connectivity index (χ3v) is 4.67. The first-order valence-corrected chi connectivity index (χ1v) is 7.43. The summed E-state index contributed by atoms with van der Waals surface area (Å²) in [6, 6.07) is 8.87. The number of para-hydroxylation sites is 2. The zero-order valence-corrected chi connectivity index (χ0v) is 11.8. The summed E-state index contributed by atoms with van der Waals surface area (Å²) < 4.78 is 14.0. The largest absolute Gasteiger partial charge is 0.378 e. The first-order valence-electron chi connectivity index (χ1n) is 7.43. The molecule has 0 amide bonds. The predicted molar refractivity (Wildman–Crippen MR) is 76.9 cm³/mol. The van der Waals surface area contributed by atoms with Gasteiger partial charge in [-0.25, -0.2) is 4.98 Å². The number of imidazole rings is 1. The van der Waals surface area contributed by atoms with E-state index in [0.29, 0.717) is 6.04 Å². The van der Waals surface area contributed by atoms with E-state index in [1.807, 2.05) is 0 Å². The van der Waals surface area contributed by atoms with Crippen LogP contribution in [0.15, 0.2) is 24.3 Å². The van der Waals surface area contributed by atoms with Gasteiger partial charge in [0.1, 0.15) is 5.82 Å². The lowest BCUT2D eigenvalue weighted by atomic mass is 9.89. The average Bonchev–Trinajstić information content (AvgIpc) is 3.02. The van der Waals surface area contributed by atoms with Crippen molar-refractivity contribution in [1.29, 1.82) is 0 Å². The Morgan fingerprint density at radius 2 is 2.20 bits per heavy atom. The van der Waals surface area contributed by atoms with E-state index < -0.39 is 0 Å². The first-order chi connectivity index (χ1) is 9.77. The van der Waals surface area contributed by atoms with Crippen LogP contribution in [0.1, 0.15) is 31.1 Å². The molecule has 3 heterocycles. The molecule has 2 aromatic rings. The number of ether oxygens (including phenoxy) is 2. The average molecular weight is 272 g/mol. The van der Waals surface area contributed by atoms with Crippen molar-refractivity contribution < 1.29 is 9.47 Å². The number of benzene rings is 1. The van der Waals surface area contributed by atoms with Gasteiger partial charge in [0.15, 0.2) is 0 Å². The van der Waals surface area contributed by atoms with Crippen molar-refractivity contribution in [2.45, 2.75) is 37.8 Å². The summed E-state index contributed by atoms with van der Waals surface area (Å²) in [6.45, 7) is 4.50. The van der Waals surface area contributed by atoms with E-state index in [1.165, 1.54) is 5.52 Å². The zero-order valence-electron chi connectivity index (χ0n) is 11.8. The van der Waals surface area contributed by atoms with Crippen molar-refractivity contribution in [3.05, 3.63) is 30.1 Å². The molecule has 1 spiro atoms. The SMILES string of the molecule is Cc1nc2ccccc2n1C1CCOC2(CCOC2)C1. The van der Waals surface area contributed by atoms with Gasteiger partial charge in [0.25, 0.3) is 0 Å². The van der Waals surface area contributed by atoms with Gasteiger partial charge in [-0.1, -0.05) is 12.1 Å². The molecule has 2 unspecified atom stereocenters. The molecule has 4 heteroatoms. The van der Waals surface area contributed by atoms with Crippen LogP contribution in [0.5, 0.6) is 0 Å². The summed E-state index contributed by atoms with van der Waals surface area (Å²) in [4.78, 5) is 4.69. The van der Waals surface area contributed by atoms with Crippen molar-refractivity contribution in [2.75, 3.05) is 19.8 Å². The van der Waals surface area contributed by atoms with Crippen molar-refractivity contribution in [3.63, 3.8) is 0 Å². The normalized spacial score (nSPS) is 30.4. The molecule has 2 fully saturated rings. The third-order valence-electron chi connectivity index (χ3n) is 4.67.